The topological polar surface area (TPSA) is 92.7 Å². The van der Waals surface area contributed by atoms with E-state index in [1.54, 1.807) is 11.3 Å². The van der Waals surface area contributed by atoms with Gasteiger partial charge in [0.25, 0.3) is 5.56 Å². The number of anilines is 1. The predicted octanol–water partition coefficient (Wildman–Crippen LogP) is 5.51. The van der Waals surface area contributed by atoms with E-state index in [0.29, 0.717) is 17.2 Å². The molecule has 0 aliphatic heterocycles. The summed E-state index contributed by atoms with van der Waals surface area (Å²) in [6.07, 6.45) is 3.52. The van der Waals surface area contributed by atoms with E-state index in [4.69, 9.17) is 0 Å². The summed E-state index contributed by atoms with van der Waals surface area (Å²) in [5.41, 5.74) is 1.77. The summed E-state index contributed by atoms with van der Waals surface area (Å²) in [5.74, 6) is 0.617. The lowest BCUT2D eigenvalue weighted by Crippen LogP contribution is -2.25. The van der Waals surface area contributed by atoms with Crippen LogP contribution in [0.5, 0.6) is 0 Å². The van der Waals surface area contributed by atoms with Gasteiger partial charge in [-0.05, 0) is 24.3 Å². The summed E-state index contributed by atoms with van der Waals surface area (Å²) >= 11 is 1.56. The molecule has 0 bridgehead atoms. The molecule has 1 aromatic carbocycles. The number of aromatic amines is 1. The number of carbonyl (C=O) groups is 1. The Morgan fingerprint density at radius 1 is 1.06 bits per heavy atom. The van der Waals surface area contributed by atoms with Crippen LogP contribution >= 0.6 is 11.3 Å². The third-order valence-electron chi connectivity index (χ3n) is 5.38. The second kappa shape index (κ2) is 10.4. The molecule has 170 valence electrons. The second-order valence-electron chi connectivity index (χ2n) is 7.89. The highest BCUT2D eigenvalue weighted by Gasteiger charge is 2.21. The van der Waals surface area contributed by atoms with Gasteiger partial charge in [0.1, 0.15) is 11.5 Å². The number of amides is 1. The third kappa shape index (κ3) is 5.28. The number of rotatable bonds is 9. The number of H-pyrrole nitrogens is 1. The molecule has 2 N–H and O–H groups in total. The fourth-order valence-electron chi connectivity index (χ4n) is 3.81. The molecule has 0 spiro atoms. The van der Waals surface area contributed by atoms with Gasteiger partial charge in [0.05, 0.1) is 10.6 Å². The predicted molar refractivity (Wildman–Crippen MR) is 133 cm³/mol. The van der Waals surface area contributed by atoms with Crippen LogP contribution in [-0.4, -0.2) is 25.7 Å². The SMILES string of the molecule is CCCC(CCC)C(=O)Nc1cc(-c2cccs2)nn1-c1nc(-c2ccccc2)cc(=O)[nH]1. The van der Waals surface area contributed by atoms with Crippen LogP contribution in [-0.2, 0) is 4.79 Å². The molecule has 8 heteroatoms. The molecule has 3 aromatic heterocycles. The smallest absolute Gasteiger partial charge is 0.252 e. The molecule has 4 aromatic rings. The summed E-state index contributed by atoms with van der Waals surface area (Å²) in [5, 5.41) is 9.70. The van der Waals surface area contributed by atoms with Crippen molar-refractivity contribution in [1.82, 2.24) is 19.7 Å². The van der Waals surface area contributed by atoms with Crippen LogP contribution in [0.1, 0.15) is 39.5 Å². The van der Waals surface area contributed by atoms with Gasteiger partial charge >= 0.3 is 0 Å². The Balaban J connectivity index is 1.77. The molecule has 0 atom stereocenters. The lowest BCUT2D eigenvalue weighted by atomic mass is 9.97. The van der Waals surface area contributed by atoms with Gasteiger partial charge in [0, 0.05) is 23.6 Å². The molecule has 0 saturated heterocycles. The van der Waals surface area contributed by atoms with Gasteiger partial charge in [-0.25, -0.2) is 4.98 Å². The van der Waals surface area contributed by atoms with Gasteiger partial charge in [-0.2, -0.15) is 9.78 Å². The first kappa shape index (κ1) is 22.7. The first-order chi connectivity index (χ1) is 16.1. The van der Waals surface area contributed by atoms with Gasteiger partial charge in [-0.1, -0.05) is 63.1 Å². The van der Waals surface area contributed by atoms with Crippen molar-refractivity contribution < 1.29 is 4.79 Å². The Hall–Kier alpha value is -3.52. The molecular formula is C25H27N5O2S. The van der Waals surface area contributed by atoms with E-state index in [0.717, 1.165) is 36.1 Å². The van der Waals surface area contributed by atoms with Crippen LogP contribution in [0, 0.1) is 5.92 Å². The van der Waals surface area contributed by atoms with E-state index >= 15 is 0 Å². The van der Waals surface area contributed by atoms with E-state index in [1.807, 2.05) is 53.9 Å². The van der Waals surface area contributed by atoms with E-state index in [2.05, 4.69) is 34.2 Å². The fraction of sp³-hybridized carbons (Fsp3) is 0.280. The van der Waals surface area contributed by atoms with Crippen LogP contribution < -0.4 is 10.9 Å². The van der Waals surface area contributed by atoms with Crippen molar-refractivity contribution in [2.24, 2.45) is 5.92 Å². The molecular weight excluding hydrogens is 434 g/mol. The lowest BCUT2D eigenvalue weighted by Gasteiger charge is -2.15. The first-order valence-electron chi connectivity index (χ1n) is 11.2. The zero-order valence-electron chi connectivity index (χ0n) is 18.7. The average molecular weight is 462 g/mol. The largest absolute Gasteiger partial charge is 0.310 e. The minimum atomic E-state index is -0.292. The third-order valence-corrected chi connectivity index (χ3v) is 6.27. The van der Waals surface area contributed by atoms with Crippen molar-refractivity contribution in [2.75, 3.05) is 5.32 Å². The van der Waals surface area contributed by atoms with Gasteiger partial charge in [-0.15, -0.1) is 11.3 Å². The zero-order chi connectivity index (χ0) is 23.2. The van der Waals surface area contributed by atoms with Crippen molar-refractivity contribution in [3.8, 4) is 27.8 Å². The van der Waals surface area contributed by atoms with Crippen LogP contribution in [0.15, 0.2) is 64.8 Å². The van der Waals surface area contributed by atoms with E-state index in [-0.39, 0.29) is 23.3 Å². The Morgan fingerprint density at radius 2 is 1.82 bits per heavy atom. The summed E-state index contributed by atoms with van der Waals surface area (Å²) in [4.78, 5) is 34.0. The average Bonchev–Trinajstić information content (AvgIpc) is 3.49. The number of hydrogen-bond acceptors (Lipinski definition) is 5. The number of thiophene rings is 1. The number of carbonyl (C=O) groups excluding carboxylic acids is 1. The lowest BCUT2D eigenvalue weighted by molar-refractivity contribution is -0.120. The molecule has 1 amide bonds. The summed E-state index contributed by atoms with van der Waals surface area (Å²) < 4.78 is 1.51. The standard InChI is InChI=1S/C25H27N5O2S/c1-3-9-18(10-4-2)24(32)27-22-15-20(21-13-8-14-33-21)29-30(22)25-26-19(16-23(31)28-25)17-11-6-5-7-12-17/h5-8,11-16,18H,3-4,9-10H2,1-2H3,(H,27,32)(H,26,28,31). The normalized spacial score (nSPS) is 11.1. The maximum atomic E-state index is 13.1. The Kier molecular flexibility index (Phi) is 7.14. The maximum Gasteiger partial charge on any atom is 0.252 e. The highest BCUT2D eigenvalue weighted by Crippen LogP contribution is 2.28. The minimum absolute atomic E-state index is 0.0425. The molecule has 7 nitrogen and oxygen atoms in total. The zero-order valence-corrected chi connectivity index (χ0v) is 19.6. The Labute approximate surface area is 196 Å². The molecule has 0 unspecified atom stereocenters. The molecule has 33 heavy (non-hydrogen) atoms. The Bertz CT molecular complexity index is 1260. The van der Waals surface area contributed by atoms with Crippen LogP contribution in [0.2, 0.25) is 0 Å². The van der Waals surface area contributed by atoms with Crippen molar-refractivity contribution in [3.63, 3.8) is 0 Å². The van der Waals surface area contributed by atoms with E-state index in [1.165, 1.54) is 10.7 Å². The van der Waals surface area contributed by atoms with Crippen molar-refractivity contribution >= 4 is 23.1 Å². The molecule has 0 aliphatic carbocycles. The van der Waals surface area contributed by atoms with Gasteiger partial charge in [0.15, 0.2) is 0 Å². The number of nitrogens with one attached hydrogen (secondary N) is 2. The van der Waals surface area contributed by atoms with Gasteiger partial charge in [-0.3, -0.25) is 14.6 Å². The highest BCUT2D eigenvalue weighted by atomic mass is 32.1. The van der Waals surface area contributed by atoms with Gasteiger partial charge < -0.3 is 5.32 Å². The van der Waals surface area contributed by atoms with E-state index < -0.39 is 0 Å². The summed E-state index contributed by atoms with van der Waals surface area (Å²) in [7, 11) is 0. The van der Waals surface area contributed by atoms with Crippen molar-refractivity contribution in [2.45, 2.75) is 39.5 Å². The maximum absolute atomic E-state index is 13.1. The van der Waals surface area contributed by atoms with Crippen LogP contribution in [0.4, 0.5) is 5.82 Å². The van der Waals surface area contributed by atoms with Gasteiger partial charge in [0.2, 0.25) is 11.9 Å². The fourth-order valence-corrected chi connectivity index (χ4v) is 4.49. The molecule has 0 aliphatic rings. The molecule has 3 heterocycles. The number of hydrogen-bond donors (Lipinski definition) is 2. The second-order valence-corrected chi connectivity index (χ2v) is 8.84. The van der Waals surface area contributed by atoms with Crippen molar-refractivity contribution in [1.29, 1.82) is 0 Å². The molecule has 0 fully saturated rings. The van der Waals surface area contributed by atoms with Crippen LogP contribution in [0.3, 0.4) is 0 Å². The number of benzene rings is 1. The number of aromatic nitrogens is 4. The summed E-state index contributed by atoms with van der Waals surface area (Å²) in [6, 6.07) is 16.7. The summed E-state index contributed by atoms with van der Waals surface area (Å²) in [6.45, 7) is 4.16. The van der Waals surface area contributed by atoms with Crippen molar-refractivity contribution in [3.05, 3.63) is 70.3 Å². The molecule has 0 radical (unpaired) electrons. The highest BCUT2D eigenvalue weighted by molar-refractivity contribution is 7.13. The Morgan fingerprint density at radius 3 is 2.48 bits per heavy atom. The number of nitrogens with zero attached hydrogens (tertiary/aromatic N) is 3. The van der Waals surface area contributed by atoms with Crippen LogP contribution in [0.25, 0.3) is 27.8 Å². The van der Waals surface area contributed by atoms with E-state index in [9.17, 15) is 9.59 Å². The minimum Gasteiger partial charge on any atom is -0.310 e. The first-order valence-corrected chi connectivity index (χ1v) is 12.1. The molecule has 0 saturated carbocycles. The monoisotopic (exact) mass is 461 g/mol. The molecule has 4 rings (SSSR count). The quantitative estimate of drug-likeness (QED) is 0.344.